The van der Waals surface area contributed by atoms with Crippen LogP contribution in [0.15, 0.2) is 12.1 Å². The van der Waals surface area contributed by atoms with Gasteiger partial charge >= 0.3 is 5.97 Å². The van der Waals surface area contributed by atoms with Crippen molar-refractivity contribution in [2.75, 3.05) is 25.5 Å². The van der Waals surface area contributed by atoms with Crippen LogP contribution >= 0.6 is 0 Å². The summed E-state index contributed by atoms with van der Waals surface area (Å²) in [4.78, 5) is 17.9. The summed E-state index contributed by atoms with van der Waals surface area (Å²) in [6.07, 6.45) is 1.11. The Bertz CT molecular complexity index is 475. The topological polar surface area (TPSA) is 65.5 Å². The summed E-state index contributed by atoms with van der Waals surface area (Å²) < 4.78 is 0. The molecule has 0 spiro atoms. The van der Waals surface area contributed by atoms with E-state index in [0.717, 1.165) is 25.2 Å². The molecule has 0 amide bonds. The van der Waals surface area contributed by atoms with E-state index in [-0.39, 0.29) is 11.5 Å². The van der Waals surface area contributed by atoms with Crippen molar-refractivity contribution in [3.63, 3.8) is 0 Å². The highest BCUT2D eigenvalue weighted by Crippen LogP contribution is 2.17. The zero-order valence-corrected chi connectivity index (χ0v) is 13.7. The van der Waals surface area contributed by atoms with E-state index in [9.17, 15) is 9.90 Å². The molecule has 1 aromatic rings. The quantitative estimate of drug-likeness (QED) is 0.771. The number of hydrogen-bond acceptors (Lipinski definition) is 4. The highest BCUT2D eigenvalue weighted by molar-refractivity contribution is 5.88. The number of nitrogens with zero attached hydrogens (tertiary/aromatic N) is 2. The number of hydrogen-bond donors (Lipinski definition) is 2. The molecule has 1 atom stereocenters. The zero-order chi connectivity index (χ0) is 16.0. The van der Waals surface area contributed by atoms with Crippen molar-refractivity contribution in [2.45, 2.75) is 46.1 Å². The Morgan fingerprint density at radius 1 is 1.38 bits per heavy atom. The van der Waals surface area contributed by atoms with Gasteiger partial charge in [-0.15, -0.1) is 0 Å². The van der Waals surface area contributed by atoms with Gasteiger partial charge in [0, 0.05) is 24.8 Å². The minimum absolute atomic E-state index is 0.202. The third-order valence-corrected chi connectivity index (χ3v) is 3.80. The molecule has 5 heteroatoms. The van der Waals surface area contributed by atoms with Gasteiger partial charge in [-0.05, 0) is 38.4 Å². The molecule has 0 saturated heterocycles. The molecule has 1 aromatic heterocycles. The number of rotatable bonds is 8. The molecule has 0 aliphatic carbocycles. The number of likely N-dealkylation sites (N-methyl/N-ethyl adjacent to an activating group) is 1. The average Bonchev–Trinajstić information content (AvgIpc) is 2.45. The molecule has 2 N–H and O–H groups in total. The molecule has 1 unspecified atom stereocenters. The number of carboxylic acids is 1. The lowest BCUT2D eigenvalue weighted by atomic mass is 10.1. The maximum atomic E-state index is 11.2. The lowest BCUT2D eigenvalue weighted by Gasteiger charge is -2.23. The van der Waals surface area contributed by atoms with Gasteiger partial charge < -0.3 is 15.3 Å². The van der Waals surface area contributed by atoms with E-state index in [1.54, 1.807) is 12.1 Å². The summed E-state index contributed by atoms with van der Waals surface area (Å²) >= 11 is 0. The molecule has 0 aromatic carbocycles. The van der Waals surface area contributed by atoms with Gasteiger partial charge in [0.15, 0.2) is 0 Å². The first-order valence-electron chi connectivity index (χ1n) is 7.54. The fourth-order valence-corrected chi connectivity index (χ4v) is 1.95. The van der Waals surface area contributed by atoms with E-state index in [2.05, 4.69) is 36.1 Å². The van der Waals surface area contributed by atoms with Crippen LogP contribution in [0.25, 0.3) is 0 Å². The van der Waals surface area contributed by atoms with E-state index < -0.39 is 5.97 Å². The van der Waals surface area contributed by atoms with Crippen molar-refractivity contribution in [2.24, 2.45) is 0 Å². The Hall–Kier alpha value is -1.62. The highest BCUT2D eigenvalue weighted by Gasteiger charge is 2.11. The van der Waals surface area contributed by atoms with Crippen LogP contribution in [0.1, 0.15) is 56.1 Å². The molecule has 0 saturated carbocycles. The van der Waals surface area contributed by atoms with Gasteiger partial charge in [0.05, 0.1) is 5.56 Å². The number of pyridine rings is 1. The predicted molar refractivity (Wildman–Crippen MR) is 86.2 cm³/mol. The maximum Gasteiger partial charge on any atom is 0.335 e. The van der Waals surface area contributed by atoms with Crippen molar-refractivity contribution in [3.05, 3.63) is 23.4 Å². The van der Waals surface area contributed by atoms with Gasteiger partial charge in [-0.25, -0.2) is 9.78 Å². The zero-order valence-electron chi connectivity index (χ0n) is 13.7. The second-order valence-electron chi connectivity index (χ2n) is 5.79. The molecule has 1 rings (SSSR count). The third-order valence-electron chi connectivity index (χ3n) is 3.80. The molecule has 118 valence electrons. The van der Waals surface area contributed by atoms with Crippen LogP contribution in [0.4, 0.5) is 5.82 Å². The summed E-state index contributed by atoms with van der Waals surface area (Å²) in [5.41, 5.74) is 1.08. The molecule has 0 aliphatic rings. The van der Waals surface area contributed by atoms with Crippen LogP contribution < -0.4 is 5.32 Å². The minimum atomic E-state index is -0.918. The molecular formula is C16H27N3O2. The Morgan fingerprint density at radius 2 is 2.05 bits per heavy atom. The summed E-state index contributed by atoms with van der Waals surface area (Å²) in [5, 5.41) is 12.4. The second kappa shape index (κ2) is 7.98. The van der Waals surface area contributed by atoms with Crippen LogP contribution in [0.2, 0.25) is 0 Å². The minimum Gasteiger partial charge on any atom is -0.478 e. The number of aromatic nitrogens is 1. The number of nitrogens with one attached hydrogen (secondary N) is 1. The van der Waals surface area contributed by atoms with Gasteiger partial charge in [-0.2, -0.15) is 0 Å². The van der Waals surface area contributed by atoms with Crippen molar-refractivity contribution >= 4 is 11.8 Å². The molecular weight excluding hydrogens is 266 g/mol. The van der Waals surface area contributed by atoms with Gasteiger partial charge in [-0.3, -0.25) is 0 Å². The fraction of sp³-hybridized carbons (Fsp3) is 0.625. The summed E-state index contributed by atoms with van der Waals surface area (Å²) in [5.74, 6) is -0.0807. The average molecular weight is 293 g/mol. The van der Waals surface area contributed by atoms with Crippen LogP contribution in [0.5, 0.6) is 0 Å². The first-order valence-corrected chi connectivity index (χ1v) is 7.54. The highest BCUT2D eigenvalue weighted by atomic mass is 16.4. The Kier molecular flexibility index (Phi) is 6.62. The van der Waals surface area contributed by atoms with E-state index in [1.165, 1.54) is 0 Å². The number of carboxylic acid groups (broad SMARTS) is 1. The largest absolute Gasteiger partial charge is 0.478 e. The summed E-state index contributed by atoms with van der Waals surface area (Å²) in [7, 11) is 2.09. The van der Waals surface area contributed by atoms with Gasteiger partial charge in [0.2, 0.25) is 0 Å². The molecule has 21 heavy (non-hydrogen) atoms. The molecule has 0 bridgehead atoms. The van der Waals surface area contributed by atoms with Gasteiger partial charge in [0.1, 0.15) is 5.82 Å². The van der Waals surface area contributed by atoms with Crippen molar-refractivity contribution < 1.29 is 9.90 Å². The standard InChI is InChI=1S/C16H27N3O2/c1-6-12(4)19(5)8-7-17-15-10-13(16(20)21)9-14(18-15)11(2)3/h9-12H,6-8H2,1-5H3,(H,17,18)(H,20,21). The van der Waals surface area contributed by atoms with Crippen LogP contribution in [0.3, 0.4) is 0 Å². The molecule has 1 heterocycles. The van der Waals surface area contributed by atoms with Gasteiger partial charge in [0.25, 0.3) is 0 Å². The number of anilines is 1. The van der Waals surface area contributed by atoms with Crippen molar-refractivity contribution in [1.82, 2.24) is 9.88 Å². The van der Waals surface area contributed by atoms with Crippen LogP contribution in [0, 0.1) is 0 Å². The SMILES string of the molecule is CCC(C)N(C)CCNc1cc(C(=O)O)cc(C(C)C)n1. The van der Waals surface area contributed by atoms with E-state index in [4.69, 9.17) is 0 Å². The van der Waals surface area contributed by atoms with Crippen LogP contribution in [-0.4, -0.2) is 47.1 Å². The smallest absolute Gasteiger partial charge is 0.335 e. The second-order valence-corrected chi connectivity index (χ2v) is 5.79. The molecule has 0 fully saturated rings. The van der Waals surface area contributed by atoms with E-state index in [0.29, 0.717) is 11.9 Å². The van der Waals surface area contributed by atoms with Crippen molar-refractivity contribution in [3.8, 4) is 0 Å². The third kappa shape index (κ3) is 5.34. The molecule has 5 nitrogen and oxygen atoms in total. The van der Waals surface area contributed by atoms with E-state index >= 15 is 0 Å². The lowest BCUT2D eigenvalue weighted by molar-refractivity contribution is 0.0696. The fourth-order valence-electron chi connectivity index (χ4n) is 1.95. The molecule has 0 aliphatic heterocycles. The van der Waals surface area contributed by atoms with Gasteiger partial charge in [-0.1, -0.05) is 20.8 Å². The Morgan fingerprint density at radius 3 is 2.57 bits per heavy atom. The lowest BCUT2D eigenvalue weighted by Crippen LogP contribution is -2.32. The molecule has 0 radical (unpaired) electrons. The number of carbonyl (C=O) groups is 1. The Balaban J connectivity index is 2.72. The maximum absolute atomic E-state index is 11.2. The van der Waals surface area contributed by atoms with Crippen LogP contribution in [-0.2, 0) is 0 Å². The normalized spacial score (nSPS) is 12.7. The number of aromatic carboxylic acids is 1. The first kappa shape index (κ1) is 17.4. The summed E-state index contributed by atoms with van der Waals surface area (Å²) in [6.45, 7) is 10.0. The monoisotopic (exact) mass is 293 g/mol. The predicted octanol–water partition coefficient (Wildman–Crippen LogP) is 3.05. The van der Waals surface area contributed by atoms with Crippen molar-refractivity contribution in [1.29, 1.82) is 0 Å². The summed E-state index contributed by atoms with van der Waals surface area (Å²) in [6, 6.07) is 3.78. The van der Waals surface area contributed by atoms with E-state index in [1.807, 2.05) is 13.8 Å². The first-order chi connectivity index (χ1) is 9.85. The Labute approximate surface area is 127 Å².